The minimum atomic E-state index is -1.14. The van der Waals surface area contributed by atoms with E-state index in [1.165, 1.54) is 12.4 Å². The Hall–Kier alpha value is -4.03. The Morgan fingerprint density at radius 2 is 1.49 bits per heavy atom. The van der Waals surface area contributed by atoms with Crippen molar-refractivity contribution in [3.8, 4) is 0 Å². The van der Waals surface area contributed by atoms with Crippen molar-refractivity contribution in [3.05, 3.63) is 35.9 Å². The lowest BCUT2D eigenvalue weighted by Gasteiger charge is -2.40. The predicted molar refractivity (Wildman–Crippen MR) is 133 cm³/mol. The zero-order chi connectivity index (χ0) is 27.4. The van der Waals surface area contributed by atoms with Crippen LogP contribution in [0, 0.1) is 0 Å². The van der Waals surface area contributed by atoms with Crippen LogP contribution in [0.15, 0.2) is 24.8 Å². The molecule has 1 atom stereocenters. The lowest BCUT2D eigenvalue weighted by Crippen LogP contribution is -2.58. The molecule has 3 heterocycles. The average molecular weight is 516 g/mol. The maximum atomic E-state index is 13.1. The van der Waals surface area contributed by atoms with Crippen LogP contribution >= 0.6 is 0 Å². The van der Waals surface area contributed by atoms with E-state index in [-0.39, 0.29) is 24.6 Å². The van der Waals surface area contributed by atoms with E-state index in [2.05, 4.69) is 25.3 Å². The summed E-state index contributed by atoms with van der Waals surface area (Å²) in [5.74, 6) is -0.968. The molecule has 0 radical (unpaired) electrons. The van der Waals surface area contributed by atoms with E-state index in [0.29, 0.717) is 24.6 Å². The first-order chi connectivity index (χ1) is 17.2. The number of aromatic nitrogens is 4. The topological polar surface area (TPSA) is 160 Å². The number of alkyl carbamates (subject to hydrolysis) is 1. The first-order valence-corrected chi connectivity index (χ1v) is 11.8. The van der Waals surface area contributed by atoms with Crippen molar-refractivity contribution in [2.24, 2.45) is 0 Å². The lowest BCUT2D eigenvalue weighted by molar-refractivity contribution is -0.156. The van der Waals surface area contributed by atoms with Crippen LogP contribution in [0.1, 0.15) is 57.5 Å². The standard InChI is InChI=1S/C24H33N7O6/c1-23(2,3)36-19(34)17-14-30(7-8-31(17)21-27-12-16(13-28-21)18(32)33)20-25-9-15(10-26-20)11-29-22(35)37-24(4,5)6/h9-10,12-13,17H,7-8,11,14H2,1-6H3,(H,29,35)(H,32,33)/t17-/m1/s1. The summed E-state index contributed by atoms with van der Waals surface area (Å²) < 4.78 is 10.9. The molecule has 1 aliphatic rings. The highest BCUT2D eigenvalue weighted by Crippen LogP contribution is 2.22. The first-order valence-electron chi connectivity index (χ1n) is 11.8. The third kappa shape index (κ3) is 7.98. The number of piperazine rings is 1. The number of carboxylic acid groups (broad SMARTS) is 1. The molecule has 0 saturated carbocycles. The third-order valence-electron chi connectivity index (χ3n) is 5.01. The fourth-order valence-electron chi connectivity index (χ4n) is 3.45. The monoisotopic (exact) mass is 515 g/mol. The Kier molecular flexibility index (Phi) is 8.14. The molecule has 2 aromatic heterocycles. The Morgan fingerprint density at radius 3 is 2.03 bits per heavy atom. The summed E-state index contributed by atoms with van der Waals surface area (Å²) in [6.45, 7) is 11.9. The number of aromatic carboxylic acids is 1. The summed E-state index contributed by atoms with van der Waals surface area (Å²) in [7, 11) is 0. The molecule has 0 bridgehead atoms. The van der Waals surface area contributed by atoms with Gasteiger partial charge in [-0.25, -0.2) is 34.3 Å². The highest BCUT2D eigenvalue weighted by Gasteiger charge is 2.37. The van der Waals surface area contributed by atoms with Crippen LogP contribution in [0.25, 0.3) is 0 Å². The molecular formula is C24H33N7O6. The molecule has 13 nitrogen and oxygen atoms in total. The quantitative estimate of drug-likeness (QED) is 0.540. The zero-order valence-corrected chi connectivity index (χ0v) is 21.9. The second kappa shape index (κ2) is 10.9. The molecule has 37 heavy (non-hydrogen) atoms. The van der Waals surface area contributed by atoms with E-state index < -0.39 is 35.3 Å². The number of carbonyl (C=O) groups is 3. The molecule has 0 unspecified atom stereocenters. The first kappa shape index (κ1) is 27.6. The number of nitrogens with zero attached hydrogens (tertiary/aromatic N) is 6. The van der Waals surface area contributed by atoms with Crippen molar-refractivity contribution in [2.45, 2.75) is 65.3 Å². The van der Waals surface area contributed by atoms with E-state index in [1.54, 1.807) is 58.8 Å². The summed E-state index contributed by atoms with van der Waals surface area (Å²) >= 11 is 0. The van der Waals surface area contributed by atoms with E-state index >= 15 is 0 Å². The highest BCUT2D eigenvalue weighted by molar-refractivity contribution is 5.87. The van der Waals surface area contributed by atoms with Crippen molar-refractivity contribution in [3.63, 3.8) is 0 Å². The molecule has 0 aromatic carbocycles. The summed E-state index contributed by atoms with van der Waals surface area (Å²) in [6.07, 6.45) is 5.07. The maximum Gasteiger partial charge on any atom is 0.407 e. The van der Waals surface area contributed by atoms with Crippen LogP contribution in [-0.4, -0.2) is 80.0 Å². The van der Waals surface area contributed by atoms with Crippen LogP contribution < -0.4 is 15.1 Å². The lowest BCUT2D eigenvalue weighted by atomic mass is 10.1. The van der Waals surface area contributed by atoms with Gasteiger partial charge in [-0.15, -0.1) is 0 Å². The van der Waals surface area contributed by atoms with Gasteiger partial charge in [0.1, 0.15) is 17.2 Å². The maximum absolute atomic E-state index is 13.1. The fourth-order valence-corrected chi connectivity index (χ4v) is 3.45. The minimum absolute atomic E-state index is 0.0501. The zero-order valence-electron chi connectivity index (χ0n) is 21.9. The second-order valence-electron chi connectivity index (χ2n) is 10.5. The van der Waals surface area contributed by atoms with Crippen LogP contribution in [-0.2, 0) is 20.8 Å². The number of hydrogen-bond donors (Lipinski definition) is 2. The summed E-state index contributed by atoms with van der Waals surface area (Å²) in [5, 5.41) is 11.8. The van der Waals surface area contributed by atoms with Gasteiger partial charge < -0.3 is 29.7 Å². The Bertz CT molecular complexity index is 1110. The van der Waals surface area contributed by atoms with Crippen molar-refractivity contribution < 1.29 is 29.0 Å². The molecule has 0 spiro atoms. The molecular weight excluding hydrogens is 482 g/mol. The molecule has 13 heteroatoms. The van der Waals surface area contributed by atoms with Crippen molar-refractivity contribution >= 4 is 29.9 Å². The van der Waals surface area contributed by atoms with E-state index in [9.17, 15) is 14.4 Å². The fraction of sp³-hybridized carbons (Fsp3) is 0.542. The number of ether oxygens (including phenoxy) is 2. The van der Waals surface area contributed by atoms with Crippen molar-refractivity contribution in [1.82, 2.24) is 25.3 Å². The molecule has 1 amide bonds. The van der Waals surface area contributed by atoms with Gasteiger partial charge in [0.05, 0.1) is 12.1 Å². The van der Waals surface area contributed by atoms with Crippen LogP contribution in [0.5, 0.6) is 0 Å². The number of carboxylic acids is 1. The molecule has 3 rings (SSSR count). The van der Waals surface area contributed by atoms with Crippen molar-refractivity contribution in [2.75, 3.05) is 29.4 Å². The minimum Gasteiger partial charge on any atom is -0.478 e. The second-order valence-corrected chi connectivity index (χ2v) is 10.5. The van der Waals surface area contributed by atoms with E-state index in [0.717, 1.165) is 0 Å². The molecule has 1 saturated heterocycles. The predicted octanol–water partition coefficient (Wildman–Crippen LogP) is 2.03. The van der Waals surface area contributed by atoms with E-state index in [4.69, 9.17) is 14.6 Å². The normalized spacial score (nSPS) is 16.2. The molecule has 1 aliphatic heterocycles. The van der Waals surface area contributed by atoms with Gasteiger partial charge in [-0.2, -0.15) is 0 Å². The summed E-state index contributed by atoms with van der Waals surface area (Å²) in [4.78, 5) is 56.8. The van der Waals surface area contributed by atoms with Gasteiger partial charge in [0, 0.05) is 50.0 Å². The Balaban J connectivity index is 1.73. The number of rotatable bonds is 6. The van der Waals surface area contributed by atoms with Crippen LogP contribution in [0.3, 0.4) is 0 Å². The van der Waals surface area contributed by atoms with Gasteiger partial charge in [0.15, 0.2) is 0 Å². The Labute approximate surface area is 215 Å². The summed E-state index contributed by atoms with van der Waals surface area (Å²) in [6, 6.07) is -0.777. The van der Waals surface area contributed by atoms with Gasteiger partial charge in [0.25, 0.3) is 0 Å². The average Bonchev–Trinajstić information content (AvgIpc) is 2.80. The molecule has 2 aromatic rings. The molecule has 2 N–H and O–H groups in total. The number of anilines is 2. The van der Waals surface area contributed by atoms with Gasteiger partial charge in [-0.1, -0.05) is 0 Å². The number of hydrogen-bond acceptors (Lipinski definition) is 11. The summed E-state index contributed by atoms with van der Waals surface area (Å²) in [5.41, 5.74) is -0.673. The number of carbonyl (C=O) groups excluding carboxylic acids is 2. The van der Waals surface area contributed by atoms with Gasteiger partial charge in [-0.05, 0) is 41.5 Å². The molecule has 1 fully saturated rings. The van der Waals surface area contributed by atoms with Crippen molar-refractivity contribution in [1.29, 1.82) is 0 Å². The smallest absolute Gasteiger partial charge is 0.407 e. The highest BCUT2D eigenvalue weighted by atomic mass is 16.6. The largest absolute Gasteiger partial charge is 0.478 e. The third-order valence-corrected chi connectivity index (χ3v) is 5.01. The number of amides is 1. The van der Waals surface area contributed by atoms with Crippen LogP contribution in [0.2, 0.25) is 0 Å². The van der Waals surface area contributed by atoms with Gasteiger partial charge >= 0.3 is 18.0 Å². The van der Waals surface area contributed by atoms with Gasteiger partial charge in [-0.3, -0.25) is 0 Å². The van der Waals surface area contributed by atoms with Gasteiger partial charge in [0.2, 0.25) is 11.9 Å². The SMILES string of the molecule is CC(C)(C)OC(=O)NCc1cnc(N2CCN(c3ncc(C(=O)O)cn3)[C@@H](C(=O)OC(C)(C)C)C2)nc1. The van der Waals surface area contributed by atoms with E-state index in [1.807, 2.05) is 4.90 Å². The molecule has 200 valence electrons. The number of nitrogens with one attached hydrogen (secondary N) is 1. The Morgan fingerprint density at radius 1 is 0.919 bits per heavy atom. The molecule has 0 aliphatic carbocycles. The number of esters is 1. The van der Waals surface area contributed by atoms with Crippen LogP contribution in [0.4, 0.5) is 16.7 Å².